The Hall–Kier alpha value is -2.28. The second kappa shape index (κ2) is 5.73. The summed E-state index contributed by atoms with van der Waals surface area (Å²) in [6.45, 7) is 4.17. The van der Waals surface area contributed by atoms with Gasteiger partial charge in [0.05, 0.1) is 0 Å². The van der Waals surface area contributed by atoms with Crippen LogP contribution < -0.4 is 4.90 Å². The van der Waals surface area contributed by atoms with Crippen molar-refractivity contribution in [2.75, 3.05) is 18.0 Å². The molecule has 1 aliphatic heterocycles. The normalized spacial score (nSPS) is 26.8. The summed E-state index contributed by atoms with van der Waals surface area (Å²) >= 11 is 0. The van der Waals surface area contributed by atoms with Gasteiger partial charge in [-0.1, -0.05) is 37.3 Å². The molecule has 3 atom stereocenters. The summed E-state index contributed by atoms with van der Waals surface area (Å²) in [7, 11) is 0. The summed E-state index contributed by atoms with van der Waals surface area (Å²) in [5.41, 5.74) is 1.79. The quantitative estimate of drug-likeness (QED) is 0.858. The predicted molar refractivity (Wildman–Crippen MR) is 88.4 cm³/mol. The Bertz CT molecular complexity index is 731. The van der Waals surface area contributed by atoms with Crippen LogP contribution in [0.1, 0.15) is 55.2 Å². The lowest BCUT2D eigenvalue weighted by molar-refractivity contribution is 0.410. The fourth-order valence-corrected chi connectivity index (χ4v) is 3.68. The van der Waals surface area contributed by atoms with Crippen molar-refractivity contribution in [3.63, 3.8) is 0 Å². The Morgan fingerprint density at radius 3 is 2.83 bits per heavy atom. The number of piperidine rings is 1. The molecule has 4 heteroatoms. The van der Waals surface area contributed by atoms with Crippen LogP contribution in [0.15, 0.2) is 34.7 Å². The molecular formula is C19H21N3O. The molecule has 4 rings (SSSR count). The number of rotatable bonds is 3. The van der Waals surface area contributed by atoms with Gasteiger partial charge in [0.15, 0.2) is 0 Å². The third-order valence-corrected chi connectivity index (χ3v) is 5.01. The van der Waals surface area contributed by atoms with E-state index in [0.29, 0.717) is 29.3 Å². The van der Waals surface area contributed by atoms with Crippen molar-refractivity contribution in [2.45, 2.75) is 38.0 Å². The molecule has 1 aliphatic carbocycles. The van der Waals surface area contributed by atoms with Crippen LogP contribution in [0.3, 0.4) is 0 Å². The van der Waals surface area contributed by atoms with E-state index in [0.717, 1.165) is 31.8 Å². The van der Waals surface area contributed by atoms with Gasteiger partial charge in [0, 0.05) is 19.0 Å². The van der Waals surface area contributed by atoms with E-state index in [-0.39, 0.29) is 0 Å². The highest BCUT2D eigenvalue weighted by Gasteiger charge is 2.44. The maximum Gasteiger partial charge on any atom is 0.234 e. The van der Waals surface area contributed by atoms with Crippen molar-refractivity contribution < 1.29 is 4.42 Å². The highest BCUT2D eigenvalue weighted by atomic mass is 16.4. The van der Waals surface area contributed by atoms with Crippen molar-refractivity contribution in [3.05, 3.63) is 47.5 Å². The molecule has 0 N–H and O–H groups in total. The molecule has 1 aromatic carbocycles. The lowest BCUT2D eigenvalue weighted by Gasteiger charge is -2.30. The highest BCUT2D eigenvalue weighted by Crippen LogP contribution is 2.54. The van der Waals surface area contributed by atoms with Crippen molar-refractivity contribution in [1.29, 1.82) is 5.26 Å². The van der Waals surface area contributed by atoms with Gasteiger partial charge in [-0.05, 0) is 36.7 Å². The summed E-state index contributed by atoms with van der Waals surface area (Å²) in [5.74, 6) is 2.87. The average molecular weight is 307 g/mol. The van der Waals surface area contributed by atoms with E-state index >= 15 is 0 Å². The average Bonchev–Trinajstić information content (AvgIpc) is 3.27. The van der Waals surface area contributed by atoms with Gasteiger partial charge in [0.2, 0.25) is 17.5 Å². The Balaban J connectivity index is 1.56. The Labute approximate surface area is 136 Å². The Morgan fingerprint density at radius 2 is 2.09 bits per heavy atom. The first kappa shape index (κ1) is 14.3. The first-order chi connectivity index (χ1) is 11.3. The fourth-order valence-electron chi connectivity index (χ4n) is 3.68. The molecule has 0 amide bonds. The van der Waals surface area contributed by atoms with E-state index in [1.807, 2.05) is 6.07 Å². The molecular weight excluding hydrogens is 286 g/mol. The standard InChI is InChI=1S/C19H21N3O/c1-13-6-5-9-22(12-13)19-17(11-20)21-18(23-19)16-10-15(16)14-7-3-2-4-8-14/h2-4,7-8,13,15-16H,5-6,9-10,12H2,1H3/t13-,15-,16+/m1/s1. The van der Waals surface area contributed by atoms with Crippen LogP contribution in [0.2, 0.25) is 0 Å². The predicted octanol–water partition coefficient (Wildman–Crippen LogP) is 4.05. The van der Waals surface area contributed by atoms with E-state index in [1.54, 1.807) is 0 Å². The van der Waals surface area contributed by atoms with Crippen LogP contribution in [0.25, 0.3) is 0 Å². The molecule has 1 saturated carbocycles. The van der Waals surface area contributed by atoms with Crippen LogP contribution in [0.5, 0.6) is 0 Å². The van der Waals surface area contributed by atoms with E-state index in [9.17, 15) is 5.26 Å². The number of nitriles is 1. The summed E-state index contributed by atoms with van der Waals surface area (Å²) in [6, 6.07) is 12.7. The van der Waals surface area contributed by atoms with E-state index in [1.165, 1.54) is 12.0 Å². The topological polar surface area (TPSA) is 53.1 Å². The van der Waals surface area contributed by atoms with Crippen molar-refractivity contribution in [3.8, 4) is 6.07 Å². The maximum atomic E-state index is 9.41. The fraction of sp³-hybridized carbons (Fsp3) is 0.474. The minimum absolute atomic E-state index is 0.320. The van der Waals surface area contributed by atoms with Crippen LogP contribution in [0, 0.1) is 17.2 Å². The van der Waals surface area contributed by atoms with Crippen LogP contribution in [-0.4, -0.2) is 18.1 Å². The lowest BCUT2D eigenvalue weighted by atomic mass is 10.0. The molecule has 0 radical (unpaired) electrons. The van der Waals surface area contributed by atoms with E-state index < -0.39 is 0 Å². The molecule has 0 spiro atoms. The van der Waals surface area contributed by atoms with Gasteiger partial charge in [-0.15, -0.1) is 0 Å². The molecule has 2 heterocycles. The first-order valence-electron chi connectivity index (χ1n) is 8.47. The second-order valence-corrected chi connectivity index (χ2v) is 6.87. The number of hydrogen-bond donors (Lipinski definition) is 0. The number of nitrogens with zero attached hydrogens (tertiary/aromatic N) is 3. The third-order valence-electron chi connectivity index (χ3n) is 5.01. The Kier molecular flexibility index (Phi) is 3.57. The SMILES string of the molecule is C[C@@H]1CCCN(c2oc([C@H]3C[C@@H]3c3ccccc3)nc2C#N)C1. The summed E-state index contributed by atoms with van der Waals surface area (Å²) in [5, 5.41) is 9.41. The van der Waals surface area contributed by atoms with E-state index in [2.05, 4.69) is 47.1 Å². The van der Waals surface area contributed by atoms with Gasteiger partial charge in [-0.3, -0.25) is 0 Å². The maximum absolute atomic E-state index is 9.41. The minimum Gasteiger partial charge on any atom is -0.423 e. The Morgan fingerprint density at radius 1 is 1.26 bits per heavy atom. The number of hydrogen-bond acceptors (Lipinski definition) is 4. The largest absolute Gasteiger partial charge is 0.423 e. The zero-order chi connectivity index (χ0) is 15.8. The molecule has 118 valence electrons. The number of aromatic nitrogens is 1. The smallest absolute Gasteiger partial charge is 0.234 e. The van der Waals surface area contributed by atoms with Crippen LogP contribution >= 0.6 is 0 Å². The van der Waals surface area contributed by atoms with Gasteiger partial charge >= 0.3 is 0 Å². The van der Waals surface area contributed by atoms with Crippen LogP contribution in [-0.2, 0) is 0 Å². The molecule has 4 nitrogen and oxygen atoms in total. The van der Waals surface area contributed by atoms with Crippen molar-refractivity contribution >= 4 is 5.88 Å². The molecule has 2 aromatic rings. The number of benzene rings is 1. The molecule has 2 aliphatic rings. The summed E-state index contributed by atoms with van der Waals surface area (Å²) < 4.78 is 6.06. The number of oxazole rings is 1. The zero-order valence-electron chi connectivity index (χ0n) is 13.4. The van der Waals surface area contributed by atoms with Gasteiger partial charge < -0.3 is 9.32 Å². The van der Waals surface area contributed by atoms with E-state index in [4.69, 9.17) is 4.42 Å². The van der Waals surface area contributed by atoms with Crippen molar-refractivity contribution in [2.24, 2.45) is 5.92 Å². The molecule has 0 unspecified atom stereocenters. The molecule has 23 heavy (non-hydrogen) atoms. The third kappa shape index (κ3) is 2.72. The first-order valence-corrected chi connectivity index (χ1v) is 8.47. The summed E-state index contributed by atoms with van der Waals surface area (Å²) in [4.78, 5) is 6.69. The van der Waals surface area contributed by atoms with Gasteiger partial charge in [0.25, 0.3) is 0 Å². The molecule has 1 aromatic heterocycles. The van der Waals surface area contributed by atoms with Crippen molar-refractivity contribution in [1.82, 2.24) is 4.98 Å². The molecule has 1 saturated heterocycles. The highest BCUT2D eigenvalue weighted by molar-refractivity contribution is 5.49. The minimum atomic E-state index is 0.320. The zero-order valence-corrected chi connectivity index (χ0v) is 13.4. The molecule has 0 bridgehead atoms. The van der Waals surface area contributed by atoms with Crippen LogP contribution in [0.4, 0.5) is 5.88 Å². The second-order valence-electron chi connectivity index (χ2n) is 6.87. The monoisotopic (exact) mass is 307 g/mol. The lowest BCUT2D eigenvalue weighted by Crippen LogP contribution is -2.34. The van der Waals surface area contributed by atoms with Gasteiger partial charge in [-0.2, -0.15) is 5.26 Å². The molecule has 2 fully saturated rings. The summed E-state index contributed by atoms with van der Waals surface area (Å²) in [6.07, 6.45) is 3.46. The van der Waals surface area contributed by atoms with Gasteiger partial charge in [-0.25, -0.2) is 4.98 Å². The van der Waals surface area contributed by atoms with Gasteiger partial charge in [0.1, 0.15) is 6.07 Å². The number of anilines is 1.